The maximum Gasteiger partial charge on any atom is 0.256 e. The predicted molar refractivity (Wildman–Crippen MR) is 114 cm³/mol. The highest BCUT2D eigenvalue weighted by atomic mass is 35.5. The SMILES string of the molecule is O=C1Nc2ccccc2/C1=C(\c1ccc(Cl)cc1)C(O)C(=O)NC1CCCCC1. The molecule has 3 N–H and O–H groups in total. The van der Waals surface area contributed by atoms with E-state index < -0.39 is 12.0 Å². The minimum atomic E-state index is -1.47. The van der Waals surface area contributed by atoms with Gasteiger partial charge in [-0.15, -0.1) is 0 Å². The Bertz CT molecular complexity index is 962. The van der Waals surface area contributed by atoms with E-state index in [-0.39, 0.29) is 17.5 Å². The van der Waals surface area contributed by atoms with Crippen LogP contribution in [0.4, 0.5) is 5.69 Å². The van der Waals surface area contributed by atoms with Crippen LogP contribution in [0.3, 0.4) is 0 Å². The van der Waals surface area contributed by atoms with Crippen molar-refractivity contribution in [2.75, 3.05) is 5.32 Å². The number of aliphatic hydroxyl groups is 1. The smallest absolute Gasteiger partial charge is 0.256 e. The predicted octanol–water partition coefficient (Wildman–Crippen LogP) is 4.01. The molecule has 1 aliphatic carbocycles. The number of carbonyl (C=O) groups is 2. The summed E-state index contributed by atoms with van der Waals surface area (Å²) in [6.07, 6.45) is 3.67. The number of nitrogens with one attached hydrogen (secondary N) is 2. The second kappa shape index (κ2) is 8.39. The van der Waals surface area contributed by atoms with Gasteiger partial charge in [0.15, 0.2) is 6.10 Å². The van der Waals surface area contributed by atoms with Crippen molar-refractivity contribution < 1.29 is 14.7 Å². The molecule has 0 spiro atoms. The Morgan fingerprint density at radius 1 is 1.07 bits per heavy atom. The minimum Gasteiger partial charge on any atom is -0.378 e. The summed E-state index contributed by atoms with van der Waals surface area (Å²) < 4.78 is 0. The molecule has 1 saturated carbocycles. The van der Waals surface area contributed by atoms with Gasteiger partial charge in [-0.25, -0.2) is 0 Å². The van der Waals surface area contributed by atoms with Crippen LogP contribution in [-0.2, 0) is 9.59 Å². The lowest BCUT2D eigenvalue weighted by Crippen LogP contribution is -2.43. The highest BCUT2D eigenvalue weighted by Crippen LogP contribution is 2.38. The average Bonchev–Trinajstić information content (AvgIpc) is 3.06. The number of hydrogen-bond donors (Lipinski definition) is 3. The van der Waals surface area contributed by atoms with Crippen LogP contribution < -0.4 is 10.6 Å². The van der Waals surface area contributed by atoms with E-state index in [4.69, 9.17) is 11.6 Å². The van der Waals surface area contributed by atoms with Gasteiger partial charge in [0.05, 0.1) is 5.57 Å². The molecule has 6 heteroatoms. The summed E-state index contributed by atoms with van der Waals surface area (Å²) in [5, 5.41) is 17.4. The maximum atomic E-state index is 12.9. The molecule has 0 bridgehead atoms. The zero-order valence-corrected chi connectivity index (χ0v) is 16.7. The van der Waals surface area contributed by atoms with Crippen LogP contribution in [0.2, 0.25) is 5.02 Å². The van der Waals surface area contributed by atoms with Crippen LogP contribution in [0.1, 0.15) is 43.2 Å². The molecule has 2 aromatic rings. The molecule has 1 unspecified atom stereocenters. The molecule has 1 atom stereocenters. The number of para-hydroxylation sites is 1. The minimum absolute atomic E-state index is 0.0621. The molecule has 0 aromatic heterocycles. The first-order valence-corrected chi connectivity index (χ1v) is 10.3. The van der Waals surface area contributed by atoms with E-state index in [9.17, 15) is 14.7 Å². The van der Waals surface area contributed by atoms with Gasteiger partial charge in [0.25, 0.3) is 11.8 Å². The van der Waals surface area contributed by atoms with Crippen molar-refractivity contribution in [1.82, 2.24) is 5.32 Å². The Balaban J connectivity index is 1.76. The molecule has 1 aliphatic heterocycles. The fourth-order valence-corrected chi connectivity index (χ4v) is 4.24. The summed E-state index contributed by atoms with van der Waals surface area (Å²) in [6.45, 7) is 0. The van der Waals surface area contributed by atoms with Gasteiger partial charge in [0.1, 0.15) is 0 Å². The lowest BCUT2D eigenvalue weighted by molar-refractivity contribution is -0.127. The number of amides is 2. The number of aliphatic hydroxyl groups excluding tert-OH is 1. The fourth-order valence-electron chi connectivity index (χ4n) is 4.11. The second-order valence-electron chi connectivity index (χ2n) is 7.54. The highest BCUT2D eigenvalue weighted by molar-refractivity contribution is 6.38. The van der Waals surface area contributed by atoms with Gasteiger partial charge in [-0.1, -0.05) is 61.2 Å². The number of benzene rings is 2. The Morgan fingerprint density at radius 3 is 2.48 bits per heavy atom. The first kappa shape index (κ1) is 19.7. The maximum absolute atomic E-state index is 12.9. The molecule has 4 rings (SSSR count). The number of halogens is 1. The quantitative estimate of drug-likeness (QED) is 0.666. The average molecular weight is 411 g/mol. The molecule has 0 saturated heterocycles. The highest BCUT2D eigenvalue weighted by Gasteiger charge is 2.34. The van der Waals surface area contributed by atoms with Gasteiger partial charge in [-0.3, -0.25) is 9.59 Å². The van der Waals surface area contributed by atoms with Gasteiger partial charge in [0, 0.05) is 27.9 Å². The first-order chi connectivity index (χ1) is 14.0. The molecule has 2 aliphatic rings. The number of fused-ring (bicyclic) bond motifs is 1. The van der Waals surface area contributed by atoms with Crippen molar-refractivity contribution in [3.63, 3.8) is 0 Å². The van der Waals surface area contributed by atoms with Crippen molar-refractivity contribution >= 4 is 40.2 Å². The Labute approximate surface area is 174 Å². The van der Waals surface area contributed by atoms with Crippen molar-refractivity contribution in [3.8, 4) is 0 Å². The van der Waals surface area contributed by atoms with E-state index in [0.29, 0.717) is 27.4 Å². The topological polar surface area (TPSA) is 78.4 Å². The molecule has 0 radical (unpaired) electrons. The summed E-state index contributed by atoms with van der Waals surface area (Å²) in [5.41, 5.74) is 2.53. The zero-order chi connectivity index (χ0) is 20.4. The van der Waals surface area contributed by atoms with Crippen LogP contribution in [0.25, 0.3) is 11.1 Å². The molecule has 1 fully saturated rings. The van der Waals surface area contributed by atoms with Gasteiger partial charge in [-0.05, 0) is 36.6 Å². The normalized spacial score (nSPS) is 19.3. The van der Waals surface area contributed by atoms with E-state index >= 15 is 0 Å². The van der Waals surface area contributed by atoms with Crippen molar-refractivity contribution in [2.24, 2.45) is 0 Å². The first-order valence-electron chi connectivity index (χ1n) is 9.94. The number of anilines is 1. The van der Waals surface area contributed by atoms with Crippen LogP contribution in [0, 0.1) is 0 Å². The number of carbonyl (C=O) groups excluding carboxylic acids is 2. The third-order valence-electron chi connectivity index (χ3n) is 5.57. The van der Waals surface area contributed by atoms with Crippen LogP contribution in [-0.4, -0.2) is 29.1 Å². The van der Waals surface area contributed by atoms with Gasteiger partial charge < -0.3 is 15.7 Å². The molecule has 2 amide bonds. The summed E-state index contributed by atoms with van der Waals surface area (Å²) in [6, 6.07) is 14.1. The number of hydrogen-bond acceptors (Lipinski definition) is 3. The lowest BCUT2D eigenvalue weighted by atomic mass is 9.90. The van der Waals surface area contributed by atoms with E-state index in [0.717, 1.165) is 25.7 Å². The van der Waals surface area contributed by atoms with Crippen LogP contribution >= 0.6 is 11.6 Å². The third kappa shape index (κ3) is 4.07. The molecular weight excluding hydrogens is 388 g/mol. The third-order valence-corrected chi connectivity index (χ3v) is 5.82. The Kier molecular flexibility index (Phi) is 5.69. The zero-order valence-electron chi connectivity index (χ0n) is 16.0. The number of rotatable bonds is 4. The Morgan fingerprint density at radius 2 is 1.76 bits per heavy atom. The molecule has 150 valence electrons. The standard InChI is InChI=1S/C23H23ClN2O3/c24-15-12-10-14(11-13-15)19(20-17-8-4-5-9-18(17)26-22(20)28)21(27)23(29)25-16-6-2-1-3-7-16/h4-5,8-13,16,21,27H,1-3,6-7H2,(H,25,29)(H,26,28)/b20-19-. The van der Waals surface area contributed by atoms with Gasteiger partial charge in [0.2, 0.25) is 0 Å². The van der Waals surface area contributed by atoms with Crippen molar-refractivity contribution in [2.45, 2.75) is 44.2 Å². The van der Waals surface area contributed by atoms with Crippen molar-refractivity contribution in [3.05, 3.63) is 64.7 Å². The molecule has 5 nitrogen and oxygen atoms in total. The molecule has 2 aromatic carbocycles. The van der Waals surface area contributed by atoms with E-state index in [2.05, 4.69) is 10.6 Å². The van der Waals surface area contributed by atoms with Crippen molar-refractivity contribution in [1.29, 1.82) is 0 Å². The molecule has 29 heavy (non-hydrogen) atoms. The van der Waals surface area contributed by atoms with E-state index in [1.54, 1.807) is 30.3 Å². The van der Waals surface area contributed by atoms with Crippen LogP contribution in [0.5, 0.6) is 0 Å². The second-order valence-corrected chi connectivity index (χ2v) is 7.98. The lowest BCUT2D eigenvalue weighted by Gasteiger charge is -2.25. The molecular formula is C23H23ClN2O3. The van der Waals surface area contributed by atoms with Gasteiger partial charge >= 0.3 is 0 Å². The Hall–Kier alpha value is -2.63. The van der Waals surface area contributed by atoms with Crippen LogP contribution in [0.15, 0.2) is 48.5 Å². The van der Waals surface area contributed by atoms with E-state index in [1.807, 2.05) is 18.2 Å². The monoisotopic (exact) mass is 410 g/mol. The largest absolute Gasteiger partial charge is 0.378 e. The summed E-state index contributed by atoms with van der Waals surface area (Å²) >= 11 is 6.02. The summed E-state index contributed by atoms with van der Waals surface area (Å²) in [4.78, 5) is 25.7. The van der Waals surface area contributed by atoms with Gasteiger partial charge in [-0.2, -0.15) is 0 Å². The summed E-state index contributed by atoms with van der Waals surface area (Å²) in [5.74, 6) is -0.813. The summed E-state index contributed by atoms with van der Waals surface area (Å²) in [7, 11) is 0. The molecule has 1 heterocycles. The fraction of sp³-hybridized carbons (Fsp3) is 0.304. The van der Waals surface area contributed by atoms with E-state index in [1.165, 1.54) is 6.42 Å².